The van der Waals surface area contributed by atoms with Crippen LogP contribution in [-0.2, 0) is 10.0 Å². The highest BCUT2D eigenvalue weighted by Crippen LogP contribution is 2.20. The largest absolute Gasteiger partial charge is 0.373 e. The predicted molar refractivity (Wildman–Crippen MR) is 86.0 cm³/mol. The molecule has 0 fully saturated rings. The molecule has 2 rings (SSSR count). The lowest BCUT2D eigenvalue weighted by molar-refractivity contribution is 0.530. The Kier molecular flexibility index (Phi) is 4.80. The second kappa shape index (κ2) is 6.41. The monoisotopic (exact) mass is 307 g/mol. The first-order valence-electron chi connectivity index (χ1n) is 7.11. The minimum absolute atomic E-state index is 0.0320. The molecule has 0 amide bonds. The minimum Gasteiger partial charge on any atom is -0.373 e. The lowest BCUT2D eigenvalue weighted by Crippen LogP contribution is -2.33. The number of nitrogens with one attached hydrogen (secondary N) is 2. The minimum atomic E-state index is -3.48. The Bertz CT molecular complexity index is 725. The number of fused-ring (bicyclic) bond motifs is 1. The van der Waals surface area contributed by atoms with Gasteiger partial charge >= 0.3 is 0 Å². The van der Waals surface area contributed by atoms with Gasteiger partial charge in [0, 0.05) is 18.5 Å². The SMILES string of the molecule is CCC(CC)NS(=O)(=O)c1ccc2nc(NC)ccc2c1. The topological polar surface area (TPSA) is 71.1 Å². The summed E-state index contributed by atoms with van der Waals surface area (Å²) < 4.78 is 27.5. The third-order valence-electron chi connectivity index (χ3n) is 3.53. The summed E-state index contributed by atoms with van der Waals surface area (Å²) in [5.41, 5.74) is 0.767. The van der Waals surface area contributed by atoms with E-state index in [9.17, 15) is 8.42 Å². The second-order valence-corrected chi connectivity index (χ2v) is 6.65. The van der Waals surface area contributed by atoms with E-state index in [4.69, 9.17) is 0 Å². The first kappa shape index (κ1) is 15.7. The standard InChI is InChI=1S/C15H21N3O2S/c1-4-12(5-2)18-21(19,20)13-7-8-14-11(10-13)6-9-15(16-3)17-14/h6-10,12,18H,4-5H2,1-3H3,(H,16,17). The molecule has 0 aliphatic rings. The van der Waals surface area contributed by atoms with Crippen molar-refractivity contribution in [3.05, 3.63) is 30.3 Å². The fourth-order valence-corrected chi connectivity index (χ4v) is 3.59. The molecular formula is C15H21N3O2S. The van der Waals surface area contributed by atoms with Crippen molar-refractivity contribution in [1.29, 1.82) is 0 Å². The van der Waals surface area contributed by atoms with Crippen LogP contribution in [0.5, 0.6) is 0 Å². The molecular weight excluding hydrogens is 286 g/mol. The summed E-state index contributed by atoms with van der Waals surface area (Å²) in [4.78, 5) is 4.66. The number of aromatic nitrogens is 1. The molecule has 0 saturated carbocycles. The van der Waals surface area contributed by atoms with Crippen LogP contribution >= 0.6 is 0 Å². The van der Waals surface area contributed by atoms with Gasteiger partial charge in [0.25, 0.3) is 0 Å². The maximum absolute atomic E-state index is 12.4. The van der Waals surface area contributed by atoms with Crippen molar-refractivity contribution in [3.8, 4) is 0 Å². The van der Waals surface area contributed by atoms with E-state index >= 15 is 0 Å². The van der Waals surface area contributed by atoms with Crippen LogP contribution in [0, 0.1) is 0 Å². The number of benzene rings is 1. The van der Waals surface area contributed by atoms with E-state index in [1.165, 1.54) is 0 Å². The van der Waals surface area contributed by atoms with Gasteiger partial charge in [0.1, 0.15) is 5.82 Å². The molecule has 0 saturated heterocycles. The van der Waals surface area contributed by atoms with Gasteiger partial charge in [0.2, 0.25) is 10.0 Å². The van der Waals surface area contributed by atoms with Crippen molar-refractivity contribution < 1.29 is 8.42 Å². The van der Waals surface area contributed by atoms with Gasteiger partial charge in [-0.2, -0.15) is 0 Å². The Morgan fingerprint density at radius 2 is 1.86 bits per heavy atom. The molecule has 21 heavy (non-hydrogen) atoms. The number of rotatable bonds is 6. The maximum atomic E-state index is 12.4. The Morgan fingerprint density at radius 1 is 1.14 bits per heavy atom. The van der Waals surface area contributed by atoms with E-state index in [1.807, 2.05) is 26.0 Å². The Morgan fingerprint density at radius 3 is 2.48 bits per heavy atom. The zero-order valence-electron chi connectivity index (χ0n) is 12.6. The fraction of sp³-hybridized carbons (Fsp3) is 0.400. The molecule has 1 aromatic heterocycles. The van der Waals surface area contributed by atoms with E-state index in [2.05, 4.69) is 15.0 Å². The van der Waals surface area contributed by atoms with Gasteiger partial charge in [-0.05, 0) is 43.2 Å². The highest BCUT2D eigenvalue weighted by atomic mass is 32.2. The summed E-state index contributed by atoms with van der Waals surface area (Å²) in [6.07, 6.45) is 1.55. The lowest BCUT2D eigenvalue weighted by Gasteiger charge is -2.15. The molecule has 0 aliphatic carbocycles. The van der Waals surface area contributed by atoms with Crippen molar-refractivity contribution >= 4 is 26.7 Å². The van der Waals surface area contributed by atoms with Crippen LogP contribution in [-0.4, -0.2) is 26.5 Å². The molecule has 0 spiro atoms. The molecule has 0 atom stereocenters. The smallest absolute Gasteiger partial charge is 0.240 e. The molecule has 2 N–H and O–H groups in total. The second-order valence-electron chi connectivity index (χ2n) is 4.94. The van der Waals surface area contributed by atoms with Crippen LogP contribution in [0.4, 0.5) is 5.82 Å². The average Bonchev–Trinajstić information content (AvgIpc) is 2.51. The van der Waals surface area contributed by atoms with Crippen LogP contribution in [0.2, 0.25) is 0 Å². The first-order chi connectivity index (χ1) is 10.00. The van der Waals surface area contributed by atoms with E-state index in [0.717, 1.165) is 29.6 Å². The van der Waals surface area contributed by atoms with Crippen molar-refractivity contribution in [2.45, 2.75) is 37.6 Å². The fourth-order valence-electron chi connectivity index (χ4n) is 2.15. The summed E-state index contributed by atoms with van der Waals surface area (Å²) in [5.74, 6) is 0.758. The van der Waals surface area contributed by atoms with Crippen LogP contribution in [0.3, 0.4) is 0 Å². The molecule has 6 heteroatoms. The molecule has 0 aliphatic heterocycles. The number of hydrogen-bond acceptors (Lipinski definition) is 4. The van der Waals surface area contributed by atoms with Gasteiger partial charge < -0.3 is 5.32 Å². The average molecular weight is 307 g/mol. The van der Waals surface area contributed by atoms with E-state index < -0.39 is 10.0 Å². The number of hydrogen-bond donors (Lipinski definition) is 2. The van der Waals surface area contributed by atoms with Gasteiger partial charge in [-0.1, -0.05) is 13.8 Å². The molecule has 0 radical (unpaired) electrons. The highest BCUT2D eigenvalue weighted by Gasteiger charge is 2.18. The van der Waals surface area contributed by atoms with Gasteiger partial charge in [-0.3, -0.25) is 0 Å². The predicted octanol–water partition coefficient (Wildman–Crippen LogP) is 2.74. The van der Waals surface area contributed by atoms with Crippen LogP contribution < -0.4 is 10.0 Å². The van der Waals surface area contributed by atoms with Crippen molar-refractivity contribution in [2.75, 3.05) is 12.4 Å². The van der Waals surface area contributed by atoms with E-state index in [-0.39, 0.29) is 10.9 Å². The third kappa shape index (κ3) is 3.51. The Labute approximate surface area is 125 Å². The van der Waals surface area contributed by atoms with Crippen molar-refractivity contribution in [2.24, 2.45) is 0 Å². The molecule has 0 unspecified atom stereocenters. The molecule has 114 valence electrons. The normalized spacial score (nSPS) is 12.0. The van der Waals surface area contributed by atoms with Crippen LogP contribution in [0.1, 0.15) is 26.7 Å². The summed E-state index contributed by atoms with van der Waals surface area (Å²) >= 11 is 0. The van der Waals surface area contributed by atoms with Gasteiger partial charge in [-0.25, -0.2) is 18.1 Å². The maximum Gasteiger partial charge on any atom is 0.240 e. The first-order valence-corrected chi connectivity index (χ1v) is 8.59. The number of nitrogens with zero attached hydrogens (tertiary/aromatic N) is 1. The third-order valence-corrected chi connectivity index (χ3v) is 5.05. The van der Waals surface area contributed by atoms with Crippen molar-refractivity contribution in [1.82, 2.24) is 9.71 Å². The molecule has 2 aromatic rings. The number of anilines is 1. The molecule has 0 bridgehead atoms. The quantitative estimate of drug-likeness (QED) is 0.861. The van der Waals surface area contributed by atoms with Crippen LogP contribution in [0.15, 0.2) is 35.2 Å². The Balaban J connectivity index is 2.38. The summed E-state index contributed by atoms with van der Waals surface area (Å²) in [6.45, 7) is 3.94. The molecule has 1 aromatic carbocycles. The van der Waals surface area contributed by atoms with Crippen LogP contribution in [0.25, 0.3) is 10.9 Å². The van der Waals surface area contributed by atoms with Gasteiger partial charge in [0.05, 0.1) is 10.4 Å². The summed E-state index contributed by atoms with van der Waals surface area (Å²) in [6, 6.07) is 8.65. The zero-order valence-corrected chi connectivity index (χ0v) is 13.4. The van der Waals surface area contributed by atoms with Crippen molar-refractivity contribution in [3.63, 3.8) is 0 Å². The van der Waals surface area contributed by atoms with Gasteiger partial charge in [0.15, 0.2) is 0 Å². The molecule has 5 nitrogen and oxygen atoms in total. The number of pyridine rings is 1. The Hall–Kier alpha value is -1.66. The lowest BCUT2D eigenvalue weighted by atomic mass is 10.2. The van der Waals surface area contributed by atoms with E-state index in [0.29, 0.717) is 0 Å². The molecule has 1 heterocycles. The van der Waals surface area contributed by atoms with Gasteiger partial charge in [-0.15, -0.1) is 0 Å². The summed E-state index contributed by atoms with van der Waals surface area (Å²) in [7, 11) is -1.69. The number of sulfonamides is 1. The highest BCUT2D eigenvalue weighted by molar-refractivity contribution is 7.89. The summed E-state index contributed by atoms with van der Waals surface area (Å²) in [5, 5.41) is 3.77. The van der Waals surface area contributed by atoms with E-state index in [1.54, 1.807) is 25.2 Å². The zero-order chi connectivity index (χ0) is 15.5.